The number of nitrogens with zero attached hydrogens (tertiary/aromatic N) is 1. The molecule has 1 amide bonds. The van der Waals surface area contributed by atoms with E-state index in [1.807, 2.05) is 0 Å². The van der Waals surface area contributed by atoms with Gasteiger partial charge in [-0.3, -0.25) is 4.79 Å². The second-order valence-electron chi connectivity index (χ2n) is 5.59. The summed E-state index contributed by atoms with van der Waals surface area (Å²) in [5, 5.41) is 1.34. The van der Waals surface area contributed by atoms with Gasteiger partial charge in [-0.25, -0.2) is 4.79 Å². The van der Waals surface area contributed by atoms with Crippen molar-refractivity contribution < 1.29 is 14.3 Å². The molecule has 0 saturated carbocycles. The lowest BCUT2D eigenvalue weighted by molar-refractivity contribution is -0.154. The molecule has 0 N–H and O–H groups in total. The Labute approximate surface area is 167 Å². The van der Waals surface area contributed by atoms with Crippen molar-refractivity contribution >= 4 is 46.7 Å². The molecule has 2 rings (SSSR count). The smallest absolute Gasteiger partial charge is 0.333 e. The van der Waals surface area contributed by atoms with Gasteiger partial charge in [0, 0.05) is 22.1 Å². The molecule has 0 spiro atoms. The van der Waals surface area contributed by atoms with E-state index in [9.17, 15) is 9.59 Å². The molecule has 0 fully saturated rings. The third-order valence-corrected chi connectivity index (χ3v) is 4.83. The van der Waals surface area contributed by atoms with Crippen molar-refractivity contribution in [2.45, 2.75) is 19.4 Å². The monoisotopic (exact) mass is 413 g/mol. The van der Waals surface area contributed by atoms with Crippen LogP contribution in [0.4, 0.5) is 0 Å². The van der Waals surface area contributed by atoms with Crippen LogP contribution in [-0.4, -0.2) is 30.4 Å². The quantitative estimate of drug-likeness (QED) is 0.628. The summed E-state index contributed by atoms with van der Waals surface area (Å²) in [5.74, 6) is -0.830. The predicted molar refractivity (Wildman–Crippen MR) is 104 cm³/mol. The van der Waals surface area contributed by atoms with Crippen molar-refractivity contribution in [3.8, 4) is 0 Å². The zero-order chi connectivity index (χ0) is 19.3. The highest BCUT2D eigenvalue weighted by Crippen LogP contribution is 2.28. The lowest BCUT2D eigenvalue weighted by atomic mass is 10.0. The molecule has 0 aliphatic carbocycles. The van der Waals surface area contributed by atoms with Gasteiger partial charge >= 0.3 is 5.97 Å². The van der Waals surface area contributed by atoms with Crippen LogP contribution in [0.25, 0.3) is 0 Å². The number of carbonyl (C=O) groups is 2. The highest BCUT2D eigenvalue weighted by molar-refractivity contribution is 6.36. The van der Waals surface area contributed by atoms with Crippen LogP contribution in [0.2, 0.25) is 15.1 Å². The Hall–Kier alpha value is -1.75. The van der Waals surface area contributed by atoms with E-state index in [1.165, 1.54) is 4.90 Å². The third kappa shape index (κ3) is 4.91. The van der Waals surface area contributed by atoms with Crippen LogP contribution in [0.15, 0.2) is 42.5 Å². The molecule has 2 aromatic carbocycles. The number of hydrogen-bond donors (Lipinski definition) is 0. The predicted octanol–water partition coefficient (Wildman–Crippen LogP) is 4.95. The first-order chi connectivity index (χ1) is 12.3. The van der Waals surface area contributed by atoms with Gasteiger partial charge in [-0.15, -0.1) is 0 Å². The maximum absolute atomic E-state index is 12.8. The second-order valence-corrected chi connectivity index (χ2v) is 6.84. The number of benzene rings is 2. The first kappa shape index (κ1) is 20.6. The maximum Gasteiger partial charge on any atom is 0.333 e. The highest BCUT2D eigenvalue weighted by Gasteiger charge is 2.30. The van der Waals surface area contributed by atoms with E-state index >= 15 is 0 Å². The summed E-state index contributed by atoms with van der Waals surface area (Å²) in [6.07, 6.45) is -0.0293. The standard InChI is InChI=1S/C19H18Cl3NO3/c1-3-26-19(25)18(12-7-9-13(20)10-8-12)23(2)17(24)11-14-15(21)5-4-6-16(14)22/h4-10,18H,3,11H2,1-2H3. The summed E-state index contributed by atoms with van der Waals surface area (Å²) < 4.78 is 5.14. The molecule has 1 unspecified atom stereocenters. The Balaban J connectivity index is 2.30. The van der Waals surface area contributed by atoms with Crippen LogP contribution >= 0.6 is 34.8 Å². The van der Waals surface area contributed by atoms with Crippen molar-refractivity contribution in [1.29, 1.82) is 0 Å². The van der Waals surface area contributed by atoms with Crippen LogP contribution in [0, 0.1) is 0 Å². The molecular weight excluding hydrogens is 397 g/mol. The number of hydrogen-bond acceptors (Lipinski definition) is 3. The van der Waals surface area contributed by atoms with E-state index in [0.717, 1.165) is 0 Å². The molecule has 0 aromatic heterocycles. The van der Waals surface area contributed by atoms with Crippen molar-refractivity contribution in [3.05, 3.63) is 68.7 Å². The van der Waals surface area contributed by atoms with Gasteiger partial charge in [-0.05, 0) is 42.3 Å². The first-order valence-corrected chi connectivity index (χ1v) is 9.09. The molecule has 1 atom stereocenters. The summed E-state index contributed by atoms with van der Waals surface area (Å²) in [6.45, 7) is 1.92. The van der Waals surface area contributed by atoms with Gasteiger partial charge in [0.15, 0.2) is 6.04 Å². The molecule has 0 heterocycles. The molecule has 0 aliphatic rings. The molecule has 138 valence electrons. The Morgan fingerprint density at radius 2 is 1.62 bits per heavy atom. The molecule has 0 bridgehead atoms. The average Bonchev–Trinajstić information content (AvgIpc) is 2.60. The number of rotatable bonds is 6. The van der Waals surface area contributed by atoms with Gasteiger partial charge < -0.3 is 9.64 Å². The Kier molecular flexibility index (Phi) is 7.33. The van der Waals surface area contributed by atoms with E-state index in [2.05, 4.69) is 0 Å². The molecule has 7 heteroatoms. The summed E-state index contributed by atoms with van der Waals surface area (Å²) in [4.78, 5) is 26.6. The van der Waals surface area contributed by atoms with Crippen molar-refractivity contribution in [2.75, 3.05) is 13.7 Å². The van der Waals surface area contributed by atoms with E-state index in [4.69, 9.17) is 39.5 Å². The fourth-order valence-corrected chi connectivity index (χ4v) is 3.16. The van der Waals surface area contributed by atoms with Crippen LogP contribution in [-0.2, 0) is 20.7 Å². The molecule has 0 aliphatic heterocycles. The summed E-state index contributed by atoms with van der Waals surface area (Å²) in [7, 11) is 1.54. The van der Waals surface area contributed by atoms with Crippen LogP contribution in [0.3, 0.4) is 0 Å². The number of amides is 1. The zero-order valence-electron chi connectivity index (χ0n) is 14.3. The van der Waals surface area contributed by atoms with Crippen molar-refractivity contribution in [1.82, 2.24) is 4.90 Å². The van der Waals surface area contributed by atoms with Crippen LogP contribution in [0.1, 0.15) is 24.1 Å². The van der Waals surface area contributed by atoms with Crippen molar-refractivity contribution in [3.63, 3.8) is 0 Å². The van der Waals surface area contributed by atoms with Crippen LogP contribution < -0.4 is 0 Å². The summed E-state index contributed by atoms with van der Waals surface area (Å²) in [5.41, 5.74) is 1.13. The van der Waals surface area contributed by atoms with Crippen LogP contribution in [0.5, 0.6) is 0 Å². The minimum atomic E-state index is -0.888. The largest absolute Gasteiger partial charge is 0.464 e. The molecular formula is C19H18Cl3NO3. The number of halogens is 3. The average molecular weight is 415 g/mol. The SMILES string of the molecule is CCOC(=O)C(c1ccc(Cl)cc1)N(C)C(=O)Cc1c(Cl)cccc1Cl. The summed E-state index contributed by atoms with van der Waals surface area (Å²) >= 11 is 18.2. The maximum atomic E-state index is 12.8. The minimum Gasteiger partial charge on any atom is -0.464 e. The normalized spacial score (nSPS) is 11.7. The molecule has 26 heavy (non-hydrogen) atoms. The third-order valence-electron chi connectivity index (χ3n) is 3.87. The molecule has 0 radical (unpaired) electrons. The van der Waals surface area contributed by atoms with Gasteiger partial charge in [0.05, 0.1) is 13.0 Å². The van der Waals surface area contributed by atoms with Gasteiger partial charge in [-0.2, -0.15) is 0 Å². The number of likely N-dealkylation sites (N-methyl/N-ethyl adjacent to an activating group) is 1. The van der Waals surface area contributed by atoms with Gasteiger partial charge in [0.25, 0.3) is 0 Å². The highest BCUT2D eigenvalue weighted by atomic mass is 35.5. The van der Waals surface area contributed by atoms with E-state index < -0.39 is 12.0 Å². The van der Waals surface area contributed by atoms with E-state index in [0.29, 0.717) is 26.2 Å². The number of carbonyl (C=O) groups excluding carboxylic acids is 2. The van der Waals surface area contributed by atoms with Gasteiger partial charge in [0.1, 0.15) is 0 Å². The fraction of sp³-hybridized carbons (Fsp3) is 0.263. The number of esters is 1. The lowest BCUT2D eigenvalue weighted by Gasteiger charge is -2.27. The van der Waals surface area contributed by atoms with Gasteiger partial charge in [-0.1, -0.05) is 53.0 Å². The number of ether oxygens (including phenoxy) is 1. The zero-order valence-corrected chi connectivity index (χ0v) is 16.6. The van der Waals surface area contributed by atoms with E-state index in [-0.39, 0.29) is 18.9 Å². The fourth-order valence-electron chi connectivity index (χ4n) is 2.51. The van der Waals surface area contributed by atoms with Gasteiger partial charge in [0.2, 0.25) is 5.91 Å². The molecule has 4 nitrogen and oxygen atoms in total. The Morgan fingerprint density at radius 3 is 2.15 bits per heavy atom. The second kappa shape index (κ2) is 9.26. The summed E-state index contributed by atoms with van der Waals surface area (Å²) in [6, 6.07) is 10.8. The Bertz CT molecular complexity index is 773. The molecule has 0 saturated heterocycles. The Morgan fingerprint density at radius 1 is 1.04 bits per heavy atom. The van der Waals surface area contributed by atoms with E-state index in [1.54, 1.807) is 56.4 Å². The van der Waals surface area contributed by atoms with Crippen molar-refractivity contribution in [2.24, 2.45) is 0 Å². The minimum absolute atomic E-state index is 0.0293. The lowest BCUT2D eigenvalue weighted by Crippen LogP contribution is -2.37. The molecule has 2 aromatic rings. The first-order valence-electron chi connectivity index (χ1n) is 7.95. The topological polar surface area (TPSA) is 46.6 Å².